The van der Waals surface area contributed by atoms with Crippen molar-refractivity contribution in [2.24, 2.45) is 5.92 Å². The molecule has 0 saturated carbocycles. The zero-order chi connectivity index (χ0) is 15.9. The van der Waals surface area contributed by atoms with Crippen molar-refractivity contribution in [2.75, 3.05) is 31.5 Å². The molecule has 0 bridgehead atoms. The van der Waals surface area contributed by atoms with E-state index in [1.54, 1.807) is 0 Å². The van der Waals surface area contributed by atoms with Gasteiger partial charge in [0.2, 0.25) is 0 Å². The molecule has 1 saturated heterocycles. The van der Waals surface area contributed by atoms with E-state index in [4.69, 9.17) is 12.2 Å². The van der Waals surface area contributed by atoms with Crippen molar-refractivity contribution < 1.29 is 8.78 Å². The van der Waals surface area contributed by atoms with Crippen LogP contribution in [0.5, 0.6) is 0 Å². The Morgan fingerprint density at radius 1 is 1.32 bits per heavy atom. The van der Waals surface area contributed by atoms with Gasteiger partial charge in [0, 0.05) is 12.6 Å². The quantitative estimate of drug-likeness (QED) is 0.640. The van der Waals surface area contributed by atoms with E-state index in [-0.39, 0.29) is 5.69 Å². The average molecular weight is 327 g/mol. The van der Waals surface area contributed by atoms with E-state index in [0.717, 1.165) is 31.5 Å². The van der Waals surface area contributed by atoms with Crippen molar-refractivity contribution in [3.8, 4) is 0 Å². The van der Waals surface area contributed by atoms with Gasteiger partial charge in [-0.3, -0.25) is 0 Å². The molecule has 1 heterocycles. The summed E-state index contributed by atoms with van der Waals surface area (Å²) >= 11 is 5.12. The summed E-state index contributed by atoms with van der Waals surface area (Å²) in [6.45, 7) is 6.43. The number of anilines is 1. The Morgan fingerprint density at radius 3 is 2.73 bits per heavy atom. The number of nitrogens with zero attached hydrogens (tertiary/aromatic N) is 1. The average Bonchev–Trinajstić information content (AvgIpc) is 2.48. The van der Waals surface area contributed by atoms with Crippen LogP contribution in [0.3, 0.4) is 0 Å². The van der Waals surface area contributed by atoms with Gasteiger partial charge in [-0.05, 0) is 69.2 Å². The first kappa shape index (κ1) is 17.1. The molecular weight excluding hydrogens is 304 g/mol. The van der Waals surface area contributed by atoms with Crippen LogP contribution in [-0.4, -0.2) is 36.2 Å². The van der Waals surface area contributed by atoms with Crippen LogP contribution < -0.4 is 10.6 Å². The molecule has 6 heteroatoms. The normalized spacial score (nSPS) is 16.5. The Labute approximate surface area is 136 Å². The smallest absolute Gasteiger partial charge is 0.170 e. The molecule has 0 amide bonds. The lowest BCUT2D eigenvalue weighted by molar-refractivity contribution is 0.191. The lowest BCUT2D eigenvalue weighted by Gasteiger charge is -2.30. The van der Waals surface area contributed by atoms with Gasteiger partial charge < -0.3 is 15.5 Å². The predicted molar refractivity (Wildman–Crippen MR) is 90.0 cm³/mol. The summed E-state index contributed by atoms with van der Waals surface area (Å²) in [5, 5.41) is 6.16. The number of halogens is 2. The van der Waals surface area contributed by atoms with E-state index in [1.165, 1.54) is 38.1 Å². The molecule has 0 spiro atoms. The number of hydrogen-bond donors (Lipinski definition) is 2. The molecule has 1 fully saturated rings. The molecule has 22 heavy (non-hydrogen) atoms. The summed E-state index contributed by atoms with van der Waals surface area (Å²) in [6, 6.07) is 3.38. The first-order chi connectivity index (χ1) is 10.5. The highest BCUT2D eigenvalue weighted by Crippen LogP contribution is 2.16. The van der Waals surface area contributed by atoms with Crippen molar-refractivity contribution in [3.63, 3.8) is 0 Å². The Kier molecular flexibility index (Phi) is 6.51. The minimum atomic E-state index is -0.647. The molecular formula is C16H23F2N3S. The number of piperidine rings is 1. The molecule has 2 rings (SSSR count). The van der Waals surface area contributed by atoms with Crippen LogP contribution in [-0.2, 0) is 0 Å². The topological polar surface area (TPSA) is 27.3 Å². The van der Waals surface area contributed by atoms with Gasteiger partial charge >= 0.3 is 0 Å². The van der Waals surface area contributed by atoms with Crippen LogP contribution in [0.4, 0.5) is 14.5 Å². The minimum absolute atomic E-state index is 0.184. The van der Waals surface area contributed by atoms with Crippen LogP contribution in [0.1, 0.15) is 26.2 Å². The molecule has 1 aliphatic heterocycles. The Balaban J connectivity index is 1.63. The third kappa shape index (κ3) is 5.50. The first-order valence-electron chi connectivity index (χ1n) is 7.77. The second-order valence-corrected chi connectivity index (χ2v) is 6.29. The van der Waals surface area contributed by atoms with Crippen molar-refractivity contribution in [2.45, 2.75) is 26.2 Å². The monoisotopic (exact) mass is 327 g/mol. The number of nitrogens with one attached hydrogen (secondary N) is 2. The van der Waals surface area contributed by atoms with Crippen LogP contribution in [0, 0.1) is 17.6 Å². The lowest BCUT2D eigenvalue weighted by Crippen LogP contribution is -2.36. The van der Waals surface area contributed by atoms with Crippen molar-refractivity contribution in [1.29, 1.82) is 0 Å². The first-order valence-corrected chi connectivity index (χ1v) is 8.17. The molecule has 1 aliphatic rings. The van der Waals surface area contributed by atoms with E-state index in [2.05, 4.69) is 22.5 Å². The van der Waals surface area contributed by atoms with Gasteiger partial charge in [-0.15, -0.1) is 0 Å². The molecule has 0 aromatic heterocycles. The summed E-state index contributed by atoms with van der Waals surface area (Å²) in [7, 11) is 0. The zero-order valence-corrected chi connectivity index (χ0v) is 13.7. The molecule has 1 aromatic carbocycles. The second-order valence-electron chi connectivity index (χ2n) is 5.88. The lowest BCUT2D eigenvalue weighted by atomic mass is 9.99. The number of benzene rings is 1. The molecule has 0 radical (unpaired) electrons. The molecule has 0 aliphatic carbocycles. The van der Waals surface area contributed by atoms with Crippen LogP contribution in [0.25, 0.3) is 0 Å². The van der Waals surface area contributed by atoms with Crippen molar-refractivity contribution in [1.82, 2.24) is 10.2 Å². The molecule has 2 N–H and O–H groups in total. The van der Waals surface area contributed by atoms with Crippen LogP contribution in [0.15, 0.2) is 18.2 Å². The minimum Gasteiger partial charge on any atom is -0.362 e. The van der Waals surface area contributed by atoms with Gasteiger partial charge in [-0.25, -0.2) is 8.78 Å². The summed E-state index contributed by atoms with van der Waals surface area (Å²) in [6.07, 6.45) is 3.54. The van der Waals surface area contributed by atoms with E-state index in [0.29, 0.717) is 5.11 Å². The second kappa shape index (κ2) is 8.39. The van der Waals surface area contributed by atoms with E-state index < -0.39 is 11.6 Å². The molecule has 3 nitrogen and oxygen atoms in total. The van der Waals surface area contributed by atoms with Crippen LogP contribution in [0.2, 0.25) is 0 Å². The maximum atomic E-state index is 13.5. The highest BCUT2D eigenvalue weighted by atomic mass is 32.1. The zero-order valence-electron chi connectivity index (χ0n) is 12.9. The van der Waals surface area contributed by atoms with Gasteiger partial charge in [0.25, 0.3) is 0 Å². The SMILES string of the molecule is CC1CCN(CCCNC(=S)Nc2ccc(F)cc2F)CC1. The third-order valence-corrected chi connectivity index (χ3v) is 4.24. The van der Waals surface area contributed by atoms with Gasteiger partial charge in [-0.2, -0.15) is 0 Å². The summed E-state index contributed by atoms with van der Waals surface area (Å²) in [5.74, 6) is -0.402. The van der Waals surface area contributed by atoms with Gasteiger partial charge in [0.05, 0.1) is 5.69 Å². The molecule has 122 valence electrons. The number of hydrogen-bond acceptors (Lipinski definition) is 2. The van der Waals surface area contributed by atoms with E-state index in [9.17, 15) is 8.78 Å². The Morgan fingerprint density at radius 2 is 2.05 bits per heavy atom. The summed E-state index contributed by atoms with van der Waals surface area (Å²) in [5.41, 5.74) is 0.184. The van der Waals surface area contributed by atoms with E-state index in [1.807, 2.05) is 0 Å². The fraction of sp³-hybridized carbons (Fsp3) is 0.562. The highest BCUT2D eigenvalue weighted by Gasteiger charge is 2.14. The standard InChI is InChI=1S/C16H23F2N3S/c1-12-5-9-21(10-6-12)8-2-7-19-16(22)20-15-4-3-13(17)11-14(15)18/h3-4,11-12H,2,5-10H2,1H3,(H2,19,20,22). The van der Waals surface area contributed by atoms with Crippen LogP contribution >= 0.6 is 12.2 Å². The Hall–Kier alpha value is -1.27. The molecule has 0 unspecified atom stereocenters. The maximum absolute atomic E-state index is 13.5. The predicted octanol–water partition coefficient (Wildman–Crippen LogP) is 3.37. The third-order valence-electron chi connectivity index (χ3n) is 3.99. The number of thiocarbonyl (C=S) groups is 1. The molecule has 1 aromatic rings. The number of likely N-dealkylation sites (tertiary alicyclic amines) is 1. The fourth-order valence-electron chi connectivity index (χ4n) is 2.55. The summed E-state index contributed by atoms with van der Waals surface area (Å²) in [4.78, 5) is 2.47. The highest BCUT2D eigenvalue weighted by molar-refractivity contribution is 7.80. The van der Waals surface area contributed by atoms with Gasteiger partial charge in [0.1, 0.15) is 11.6 Å². The Bertz CT molecular complexity index is 502. The van der Waals surface area contributed by atoms with Gasteiger partial charge in [0.15, 0.2) is 5.11 Å². The number of rotatable bonds is 5. The summed E-state index contributed by atoms with van der Waals surface area (Å²) < 4.78 is 26.3. The van der Waals surface area contributed by atoms with Crippen molar-refractivity contribution in [3.05, 3.63) is 29.8 Å². The van der Waals surface area contributed by atoms with Gasteiger partial charge in [-0.1, -0.05) is 6.92 Å². The maximum Gasteiger partial charge on any atom is 0.170 e. The van der Waals surface area contributed by atoms with Crippen molar-refractivity contribution >= 4 is 23.0 Å². The largest absolute Gasteiger partial charge is 0.362 e. The van der Waals surface area contributed by atoms with E-state index >= 15 is 0 Å². The molecule has 0 atom stereocenters. The fourth-order valence-corrected chi connectivity index (χ4v) is 2.76.